The van der Waals surface area contributed by atoms with E-state index < -0.39 is 10.0 Å². The molecular formula is C21H21N5O5S. The molecule has 2 aliphatic heterocycles. The number of fused-ring (bicyclic) bond motifs is 1. The van der Waals surface area contributed by atoms with Gasteiger partial charge in [0.15, 0.2) is 5.52 Å². The minimum absolute atomic E-state index is 0.0730. The first-order valence-electron chi connectivity index (χ1n) is 10.0. The van der Waals surface area contributed by atoms with Gasteiger partial charge in [-0.3, -0.25) is 0 Å². The number of benzene rings is 2. The molecule has 3 aromatic rings. The number of amides is 2. The molecule has 0 radical (unpaired) electrons. The molecule has 1 aromatic heterocycles. The third kappa shape index (κ3) is 3.49. The van der Waals surface area contributed by atoms with Crippen molar-refractivity contribution in [2.45, 2.75) is 11.4 Å². The Morgan fingerprint density at radius 2 is 1.81 bits per heavy atom. The summed E-state index contributed by atoms with van der Waals surface area (Å²) in [5.41, 5.74) is 3.40. The SMILES string of the molecule is COc1ccccc1CNC(=O)N1CC2=C(C1)CN(S(=O)(=O)c1cccc3nonc13)C2. The van der Waals surface area contributed by atoms with E-state index in [1.807, 2.05) is 24.3 Å². The maximum atomic E-state index is 13.2. The van der Waals surface area contributed by atoms with Gasteiger partial charge in [-0.25, -0.2) is 17.8 Å². The first kappa shape index (κ1) is 20.5. The van der Waals surface area contributed by atoms with Gasteiger partial charge in [0.05, 0.1) is 7.11 Å². The fraction of sp³-hybridized carbons (Fsp3) is 0.286. The Labute approximate surface area is 184 Å². The van der Waals surface area contributed by atoms with E-state index in [4.69, 9.17) is 9.37 Å². The number of carbonyl (C=O) groups is 1. The van der Waals surface area contributed by atoms with Crippen molar-refractivity contribution < 1.29 is 22.6 Å². The summed E-state index contributed by atoms with van der Waals surface area (Å²) in [6.07, 6.45) is 0. The van der Waals surface area contributed by atoms with Crippen molar-refractivity contribution in [2.24, 2.45) is 0 Å². The maximum absolute atomic E-state index is 13.2. The molecule has 11 heteroatoms. The largest absolute Gasteiger partial charge is 0.496 e. The molecule has 0 spiro atoms. The van der Waals surface area contributed by atoms with Crippen LogP contribution in [0.1, 0.15) is 5.56 Å². The zero-order valence-electron chi connectivity index (χ0n) is 17.3. The van der Waals surface area contributed by atoms with Gasteiger partial charge in [0.1, 0.15) is 16.2 Å². The van der Waals surface area contributed by atoms with Gasteiger partial charge in [-0.05, 0) is 39.7 Å². The number of methoxy groups -OCH3 is 1. The molecule has 2 aliphatic rings. The Hall–Kier alpha value is -3.44. The molecule has 32 heavy (non-hydrogen) atoms. The van der Waals surface area contributed by atoms with Gasteiger partial charge in [-0.1, -0.05) is 24.3 Å². The van der Waals surface area contributed by atoms with Gasteiger partial charge in [-0.15, -0.1) is 0 Å². The lowest BCUT2D eigenvalue weighted by molar-refractivity contribution is 0.207. The number of hydrogen-bond donors (Lipinski definition) is 1. The van der Waals surface area contributed by atoms with Crippen LogP contribution in [-0.4, -0.2) is 67.3 Å². The van der Waals surface area contributed by atoms with E-state index in [9.17, 15) is 13.2 Å². The van der Waals surface area contributed by atoms with Crippen LogP contribution in [0, 0.1) is 0 Å². The highest BCUT2D eigenvalue weighted by Gasteiger charge is 2.38. The average molecular weight is 455 g/mol. The first-order valence-corrected chi connectivity index (χ1v) is 11.5. The summed E-state index contributed by atoms with van der Waals surface area (Å²) in [5, 5.41) is 10.4. The highest BCUT2D eigenvalue weighted by atomic mass is 32.2. The van der Waals surface area contributed by atoms with E-state index in [0.29, 0.717) is 30.9 Å². The molecule has 0 fully saturated rings. The molecule has 10 nitrogen and oxygen atoms in total. The van der Waals surface area contributed by atoms with Crippen LogP contribution < -0.4 is 10.1 Å². The van der Waals surface area contributed by atoms with Crippen molar-refractivity contribution in [1.82, 2.24) is 24.8 Å². The number of aromatic nitrogens is 2. The molecule has 2 amide bonds. The van der Waals surface area contributed by atoms with Crippen molar-refractivity contribution in [3.63, 3.8) is 0 Å². The highest BCUT2D eigenvalue weighted by molar-refractivity contribution is 7.89. The highest BCUT2D eigenvalue weighted by Crippen LogP contribution is 2.31. The van der Waals surface area contributed by atoms with E-state index in [1.165, 1.54) is 10.4 Å². The monoisotopic (exact) mass is 455 g/mol. The van der Waals surface area contributed by atoms with E-state index >= 15 is 0 Å². The van der Waals surface area contributed by atoms with Crippen LogP contribution in [0.3, 0.4) is 0 Å². The second-order valence-corrected chi connectivity index (χ2v) is 9.60. The number of sulfonamides is 1. The Morgan fingerprint density at radius 3 is 2.56 bits per heavy atom. The van der Waals surface area contributed by atoms with Crippen LogP contribution in [0.15, 0.2) is 63.1 Å². The number of para-hydroxylation sites is 1. The third-order valence-corrected chi connectivity index (χ3v) is 7.60. The molecule has 5 rings (SSSR count). The number of nitrogens with one attached hydrogen (secondary N) is 1. The second-order valence-electron chi connectivity index (χ2n) is 7.69. The van der Waals surface area contributed by atoms with Crippen molar-refractivity contribution in [2.75, 3.05) is 33.3 Å². The second kappa shape index (κ2) is 7.92. The predicted molar refractivity (Wildman–Crippen MR) is 114 cm³/mol. The molecule has 0 saturated heterocycles. The van der Waals surface area contributed by atoms with E-state index in [2.05, 4.69) is 15.6 Å². The number of nitrogens with zero attached hydrogens (tertiary/aromatic N) is 4. The molecule has 0 atom stereocenters. The minimum atomic E-state index is -3.77. The molecule has 0 saturated carbocycles. The lowest BCUT2D eigenvalue weighted by Gasteiger charge is -2.23. The Morgan fingerprint density at radius 1 is 1.06 bits per heavy atom. The minimum Gasteiger partial charge on any atom is -0.496 e. The third-order valence-electron chi connectivity index (χ3n) is 5.77. The van der Waals surface area contributed by atoms with Crippen LogP contribution >= 0.6 is 0 Å². The van der Waals surface area contributed by atoms with Gasteiger partial charge in [-0.2, -0.15) is 4.31 Å². The molecule has 1 N–H and O–H groups in total. The molecule has 166 valence electrons. The smallest absolute Gasteiger partial charge is 0.318 e. The number of ether oxygens (including phenoxy) is 1. The van der Waals surface area contributed by atoms with Gasteiger partial charge in [0, 0.05) is 38.3 Å². The summed E-state index contributed by atoms with van der Waals surface area (Å²) in [6.45, 7) is 1.63. The van der Waals surface area contributed by atoms with Gasteiger partial charge in [0.25, 0.3) is 0 Å². The quantitative estimate of drug-likeness (QED) is 0.583. The number of rotatable bonds is 5. The van der Waals surface area contributed by atoms with Crippen LogP contribution in [0.5, 0.6) is 5.75 Å². The summed E-state index contributed by atoms with van der Waals surface area (Å²) in [7, 11) is -2.18. The topological polar surface area (TPSA) is 118 Å². The summed E-state index contributed by atoms with van der Waals surface area (Å²) < 4.78 is 37.8. The van der Waals surface area contributed by atoms with Crippen molar-refractivity contribution in [3.8, 4) is 5.75 Å². The fourth-order valence-electron chi connectivity index (χ4n) is 4.12. The van der Waals surface area contributed by atoms with Gasteiger partial charge in [0.2, 0.25) is 10.0 Å². The predicted octanol–water partition coefficient (Wildman–Crippen LogP) is 1.76. The lowest BCUT2D eigenvalue weighted by Crippen LogP contribution is -2.41. The summed E-state index contributed by atoms with van der Waals surface area (Å²) in [6, 6.07) is 12.1. The van der Waals surface area contributed by atoms with E-state index in [-0.39, 0.29) is 29.5 Å². The van der Waals surface area contributed by atoms with E-state index in [1.54, 1.807) is 24.1 Å². The first-order chi connectivity index (χ1) is 15.5. The molecule has 0 bridgehead atoms. The standard InChI is InChI=1S/C21H21N5O5S/c1-30-18-7-3-2-5-14(18)9-22-21(27)25-10-15-12-26(13-16(15)11-25)32(28,29)19-8-4-6-17-20(19)24-31-23-17/h2-8H,9-13H2,1H3,(H,22,27). The Kier molecular flexibility index (Phi) is 5.06. The Balaban J connectivity index is 1.23. The number of carbonyl (C=O) groups excluding carboxylic acids is 1. The fourth-order valence-corrected chi connectivity index (χ4v) is 5.69. The molecular weight excluding hydrogens is 434 g/mol. The van der Waals surface area contributed by atoms with Gasteiger partial charge < -0.3 is 15.0 Å². The van der Waals surface area contributed by atoms with E-state index in [0.717, 1.165) is 16.7 Å². The average Bonchev–Trinajstić information content (AvgIpc) is 3.52. The zero-order chi connectivity index (χ0) is 22.3. The maximum Gasteiger partial charge on any atom is 0.318 e. The lowest BCUT2D eigenvalue weighted by atomic mass is 10.2. The summed E-state index contributed by atoms with van der Waals surface area (Å²) >= 11 is 0. The summed E-state index contributed by atoms with van der Waals surface area (Å²) in [4.78, 5) is 14.4. The molecule has 3 heterocycles. The van der Waals surface area contributed by atoms with Crippen LogP contribution in [0.4, 0.5) is 4.79 Å². The molecule has 0 unspecified atom stereocenters. The van der Waals surface area contributed by atoms with Crippen molar-refractivity contribution in [1.29, 1.82) is 0 Å². The zero-order valence-corrected chi connectivity index (χ0v) is 18.1. The van der Waals surface area contributed by atoms with Gasteiger partial charge >= 0.3 is 6.03 Å². The Bertz CT molecular complexity index is 1320. The van der Waals surface area contributed by atoms with Crippen molar-refractivity contribution in [3.05, 3.63) is 59.2 Å². The normalized spacial score (nSPS) is 16.6. The van der Waals surface area contributed by atoms with Crippen LogP contribution in [0.25, 0.3) is 11.0 Å². The number of urea groups is 1. The van der Waals surface area contributed by atoms with Crippen LogP contribution in [-0.2, 0) is 16.6 Å². The molecule has 0 aliphatic carbocycles. The summed E-state index contributed by atoms with van der Waals surface area (Å²) in [5.74, 6) is 0.716. The number of hydrogen-bond acceptors (Lipinski definition) is 7. The molecule has 2 aromatic carbocycles. The van der Waals surface area contributed by atoms with Crippen LogP contribution in [0.2, 0.25) is 0 Å². The van der Waals surface area contributed by atoms with Crippen molar-refractivity contribution >= 4 is 27.1 Å².